The van der Waals surface area contributed by atoms with Crippen molar-refractivity contribution in [3.8, 4) is 16.3 Å². The van der Waals surface area contributed by atoms with Gasteiger partial charge in [0, 0.05) is 44.2 Å². The van der Waals surface area contributed by atoms with E-state index in [1.54, 1.807) is 6.20 Å². The molecule has 1 unspecified atom stereocenters. The summed E-state index contributed by atoms with van der Waals surface area (Å²) in [5.41, 5.74) is 2.25. The van der Waals surface area contributed by atoms with Crippen LogP contribution in [0.1, 0.15) is 22.2 Å². The first-order valence-corrected chi connectivity index (χ1v) is 9.83. The Labute approximate surface area is 157 Å². The van der Waals surface area contributed by atoms with Crippen molar-refractivity contribution >= 4 is 17.2 Å². The summed E-state index contributed by atoms with van der Waals surface area (Å²) in [7, 11) is 0. The summed E-state index contributed by atoms with van der Waals surface area (Å²) >= 11 is 1.45. The molecule has 3 heterocycles. The number of aliphatic hydroxyl groups excluding tert-OH is 1. The van der Waals surface area contributed by atoms with Crippen molar-refractivity contribution in [3.63, 3.8) is 0 Å². The van der Waals surface area contributed by atoms with Gasteiger partial charge in [-0.15, -0.1) is 11.3 Å². The second-order valence-electron chi connectivity index (χ2n) is 6.81. The molecule has 0 spiro atoms. The zero-order valence-electron chi connectivity index (χ0n) is 14.9. The standard InChI is InChI=1S/C19H23N3O3S/c1-13-12-22(6-5-21(13)7-8-23)19(24)17-11-20-18(26-17)15-2-3-16-14(10-15)4-9-25-16/h2-3,10-11,13,23H,4-9,12H2,1H3. The van der Waals surface area contributed by atoms with Crippen LogP contribution in [0.25, 0.3) is 10.6 Å². The number of hydrogen-bond donors (Lipinski definition) is 1. The molecule has 1 atom stereocenters. The molecule has 2 aliphatic heterocycles. The van der Waals surface area contributed by atoms with Crippen molar-refractivity contribution in [3.05, 3.63) is 34.8 Å². The molecule has 2 aliphatic rings. The van der Waals surface area contributed by atoms with Crippen LogP contribution in [0, 0.1) is 0 Å². The van der Waals surface area contributed by atoms with Crippen LogP contribution in [0.4, 0.5) is 0 Å². The summed E-state index contributed by atoms with van der Waals surface area (Å²) < 4.78 is 5.55. The normalized spacial score (nSPS) is 20.1. The first-order valence-electron chi connectivity index (χ1n) is 9.02. The molecule has 0 radical (unpaired) electrons. The third-order valence-electron chi connectivity index (χ3n) is 5.09. The number of amides is 1. The Kier molecular flexibility index (Phi) is 4.93. The maximum absolute atomic E-state index is 12.9. The summed E-state index contributed by atoms with van der Waals surface area (Å²) in [4.78, 5) is 22.1. The molecule has 1 aromatic carbocycles. The van der Waals surface area contributed by atoms with Crippen molar-refractivity contribution in [2.45, 2.75) is 19.4 Å². The number of ether oxygens (including phenoxy) is 1. The number of nitrogens with zero attached hydrogens (tertiary/aromatic N) is 3. The lowest BCUT2D eigenvalue weighted by Gasteiger charge is -2.39. The largest absolute Gasteiger partial charge is 0.493 e. The van der Waals surface area contributed by atoms with Gasteiger partial charge in [0.1, 0.15) is 15.6 Å². The van der Waals surface area contributed by atoms with Crippen molar-refractivity contribution in [1.82, 2.24) is 14.8 Å². The minimum atomic E-state index is 0.0498. The van der Waals surface area contributed by atoms with E-state index >= 15 is 0 Å². The van der Waals surface area contributed by atoms with E-state index < -0.39 is 0 Å². The number of aliphatic hydroxyl groups is 1. The maximum Gasteiger partial charge on any atom is 0.265 e. The maximum atomic E-state index is 12.9. The lowest BCUT2D eigenvalue weighted by Crippen LogP contribution is -2.54. The van der Waals surface area contributed by atoms with E-state index in [1.807, 2.05) is 17.0 Å². The van der Waals surface area contributed by atoms with Gasteiger partial charge in [0.05, 0.1) is 19.4 Å². The van der Waals surface area contributed by atoms with Crippen LogP contribution in [0.5, 0.6) is 5.75 Å². The van der Waals surface area contributed by atoms with Crippen molar-refractivity contribution < 1.29 is 14.6 Å². The minimum absolute atomic E-state index is 0.0498. The summed E-state index contributed by atoms with van der Waals surface area (Å²) in [5, 5.41) is 9.99. The van der Waals surface area contributed by atoms with Crippen LogP contribution in [-0.2, 0) is 6.42 Å². The fraction of sp³-hybridized carbons (Fsp3) is 0.474. The number of carbonyl (C=O) groups is 1. The number of fused-ring (bicyclic) bond motifs is 1. The second kappa shape index (κ2) is 7.34. The molecule has 26 heavy (non-hydrogen) atoms. The highest BCUT2D eigenvalue weighted by atomic mass is 32.1. The topological polar surface area (TPSA) is 65.9 Å². The van der Waals surface area contributed by atoms with Crippen LogP contribution in [0.2, 0.25) is 0 Å². The number of aromatic nitrogens is 1. The number of rotatable bonds is 4. The molecule has 1 N–H and O–H groups in total. The zero-order valence-corrected chi connectivity index (χ0v) is 15.7. The minimum Gasteiger partial charge on any atom is -0.493 e. The van der Waals surface area contributed by atoms with Crippen LogP contribution in [0.15, 0.2) is 24.4 Å². The SMILES string of the molecule is CC1CN(C(=O)c2cnc(-c3ccc4c(c3)CCO4)s2)CCN1CCO. The number of carbonyl (C=O) groups excluding carboxylic acids is 1. The van der Waals surface area contributed by atoms with Crippen LogP contribution in [0.3, 0.4) is 0 Å². The molecule has 7 heteroatoms. The molecule has 0 aliphatic carbocycles. The summed E-state index contributed by atoms with van der Waals surface area (Å²) in [6.07, 6.45) is 2.62. The number of hydrogen-bond acceptors (Lipinski definition) is 6. The number of β-amino-alcohol motifs (C(OH)–C–C–N with tert-alkyl or cyclic N) is 1. The summed E-state index contributed by atoms with van der Waals surface area (Å²) in [6.45, 7) is 5.82. The fourth-order valence-electron chi connectivity index (χ4n) is 3.62. The molecule has 138 valence electrons. The van der Waals surface area contributed by atoms with Crippen molar-refractivity contribution in [2.24, 2.45) is 0 Å². The highest BCUT2D eigenvalue weighted by molar-refractivity contribution is 7.16. The predicted octanol–water partition coefficient (Wildman–Crippen LogP) is 1.88. The first kappa shape index (κ1) is 17.5. The van der Waals surface area contributed by atoms with E-state index in [1.165, 1.54) is 16.9 Å². The highest BCUT2D eigenvalue weighted by Crippen LogP contribution is 2.32. The van der Waals surface area contributed by atoms with E-state index in [4.69, 9.17) is 9.84 Å². The smallest absolute Gasteiger partial charge is 0.265 e. The third-order valence-corrected chi connectivity index (χ3v) is 6.13. The van der Waals surface area contributed by atoms with Crippen molar-refractivity contribution in [2.75, 3.05) is 39.4 Å². The summed E-state index contributed by atoms with van der Waals surface area (Å²) in [5.74, 6) is 1.00. The average molecular weight is 373 g/mol. The fourth-order valence-corrected chi connectivity index (χ4v) is 4.50. The Morgan fingerprint density at radius 2 is 2.31 bits per heavy atom. The van der Waals surface area contributed by atoms with E-state index in [2.05, 4.69) is 22.9 Å². The van der Waals surface area contributed by atoms with E-state index in [9.17, 15) is 4.79 Å². The van der Waals surface area contributed by atoms with Gasteiger partial charge in [-0.1, -0.05) is 0 Å². The molecular formula is C19H23N3O3S. The molecular weight excluding hydrogens is 350 g/mol. The number of benzene rings is 1. The average Bonchev–Trinajstić information content (AvgIpc) is 3.31. The number of thiazole rings is 1. The monoisotopic (exact) mass is 373 g/mol. The highest BCUT2D eigenvalue weighted by Gasteiger charge is 2.28. The quantitative estimate of drug-likeness (QED) is 0.887. The molecule has 0 saturated carbocycles. The predicted molar refractivity (Wildman–Crippen MR) is 101 cm³/mol. The zero-order chi connectivity index (χ0) is 18.1. The van der Waals surface area contributed by atoms with Gasteiger partial charge in [-0.05, 0) is 30.7 Å². The molecule has 6 nitrogen and oxygen atoms in total. The molecule has 1 aromatic heterocycles. The lowest BCUT2D eigenvalue weighted by molar-refractivity contribution is 0.0474. The molecule has 1 saturated heterocycles. The Bertz CT molecular complexity index is 807. The van der Waals surface area contributed by atoms with Gasteiger partial charge in [0.2, 0.25) is 0 Å². The molecule has 1 fully saturated rings. The first-order chi connectivity index (χ1) is 12.7. The molecule has 2 aromatic rings. The van der Waals surface area contributed by atoms with Gasteiger partial charge in [0.25, 0.3) is 5.91 Å². The molecule has 1 amide bonds. The Morgan fingerprint density at radius 3 is 3.12 bits per heavy atom. The third kappa shape index (κ3) is 3.34. The van der Waals surface area contributed by atoms with E-state index in [0.717, 1.165) is 35.9 Å². The Hall–Kier alpha value is -1.96. The van der Waals surface area contributed by atoms with Gasteiger partial charge in [0.15, 0.2) is 0 Å². The molecule has 4 rings (SSSR count). The van der Waals surface area contributed by atoms with Crippen LogP contribution < -0.4 is 4.74 Å². The van der Waals surface area contributed by atoms with Gasteiger partial charge in [-0.2, -0.15) is 0 Å². The van der Waals surface area contributed by atoms with Crippen LogP contribution >= 0.6 is 11.3 Å². The van der Waals surface area contributed by atoms with Gasteiger partial charge < -0.3 is 14.7 Å². The molecule has 0 bridgehead atoms. The lowest BCUT2D eigenvalue weighted by atomic mass is 10.1. The van der Waals surface area contributed by atoms with Crippen molar-refractivity contribution in [1.29, 1.82) is 0 Å². The van der Waals surface area contributed by atoms with Gasteiger partial charge in [-0.25, -0.2) is 4.98 Å². The Balaban J connectivity index is 1.47. The van der Waals surface area contributed by atoms with Gasteiger partial charge >= 0.3 is 0 Å². The second-order valence-corrected chi connectivity index (χ2v) is 7.84. The van der Waals surface area contributed by atoms with Gasteiger partial charge in [-0.3, -0.25) is 9.69 Å². The number of piperazine rings is 1. The van der Waals surface area contributed by atoms with E-state index in [-0.39, 0.29) is 18.6 Å². The van der Waals surface area contributed by atoms with E-state index in [0.29, 0.717) is 24.5 Å². The Morgan fingerprint density at radius 1 is 1.42 bits per heavy atom. The summed E-state index contributed by atoms with van der Waals surface area (Å²) in [6, 6.07) is 6.37. The van der Waals surface area contributed by atoms with Crippen LogP contribution in [-0.4, -0.2) is 71.2 Å².